The normalized spacial score (nSPS) is 14.6. The number of rotatable bonds is 5. The highest BCUT2D eigenvalue weighted by molar-refractivity contribution is 5.81. The highest BCUT2D eigenvalue weighted by atomic mass is 16.6. The van der Waals surface area contributed by atoms with Crippen LogP contribution in [0.5, 0.6) is 5.88 Å². The zero-order valence-electron chi connectivity index (χ0n) is 21.8. The molecule has 5 heterocycles. The fraction of sp³-hybridized carbons (Fsp3) is 0.423. The molecule has 11 nitrogen and oxygen atoms in total. The Labute approximate surface area is 215 Å². The van der Waals surface area contributed by atoms with Crippen molar-refractivity contribution >= 4 is 28.9 Å². The molecular formula is C26H32N8O3. The van der Waals surface area contributed by atoms with Gasteiger partial charge in [-0.1, -0.05) is 0 Å². The average molecular weight is 505 g/mol. The van der Waals surface area contributed by atoms with Crippen LogP contribution in [-0.2, 0) is 4.74 Å². The zero-order valence-corrected chi connectivity index (χ0v) is 21.8. The number of hydrogen-bond donors (Lipinski definition) is 2. The lowest BCUT2D eigenvalue weighted by Gasteiger charge is -2.24. The largest absolute Gasteiger partial charge is 0.480 e. The second-order valence-corrected chi connectivity index (χ2v) is 10.1. The zero-order chi connectivity index (χ0) is 26.2. The third-order valence-electron chi connectivity index (χ3n) is 6.12. The quantitative estimate of drug-likeness (QED) is 0.406. The number of carbonyl (C=O) groups excluding carboxylic acids is 1. The molecule has 1 aliphatic heterocycles. The highest BCUT2D eigenvalue weighted by Crippen LogP contribution is 2.32. The molecule has 0 unspecified atom stereocenters. The van der Waals surface area contributed by atoms with E-state index < -0.39 is 11.7 Å². The molecule has 4 aromatic heterocycles. The summed E-state index contributed by atoms with van der Waals surface area (Å²) in [6.07, 6.45) is 5.18. The van der Waals surface area contributed by atoms with E-state index in [1.54, 1.807) is 19.4 Å². The molecular weight excluding hydrogens is 472 g/mol. The summed E-state index contributed by atoms with van der Waals surface area (Å²) in [5.74, 6) is 1.32. The van der Waals surface area contributed by atoms with Gasteiger partial charge in [0.2, 0.25) is 5.88 Å². The molecule has 37 heavy (non-hydrogen) atoms. The second-order valence-electron chi connectivity index (χ2n) is 10.1. The molecule has 11 heteroatoms. The van der Waals surface area contributed by atoms with Gasteiger partial charge in [0.15, 0.2) is 17.3 Å². The Bertz CT molecular complexity index is 1430. The fourth-order valence-electron chi connectivity index (χ4n) is 4.45. The predicted octanol–water partition coefficient (Wildman–Crippen LogP) is 4.46. The number of anilines is 2. The molecule has 5 rings (SSSR count). The van der Waals surface area contributed by atoms with Crippen LogP contribution in [0.2, 0.25) is 0 Å². The maximum atomic E-state index is 13.1. The number of pyridine rings is 1. The van der Waals surface area contributed by atoms with Crippen molar-refractivity contribution in [2.45, 2.75) is 52.2 Å². The van der Waals surface area contributed by atoms with Crippen LogP contribution in [0.4, 0.5) is 16.4 Å². The first-order valence-corrected chi connectivity index (χ1v) is 12.4. The molecule has 1 fully saturated rings. The molecule has 0 saturated carbocycles. The number of nitrogens with one attached hydrogen (secondary N) is 2. The number of aryl methyl sites for hydroxylation is 1. The van der Waals surface area contributed by atoms with Crippen LogP contribution in [0, 0.1) is 6.92 Å². The van der Waals surface area contributed by atoms with E-state index in [0.717, 1.165) is 42.8 Å². The van der Waals surface area contributed by atoms with E-state index in [0.29, 0.717) is 34.8 Å². The number of ether oxygens (including phenoxy) is 2. The van der Waals surface area contributed by atoms with Gasteiger partial charge in [-0.15, -0.1) is 5.10 Å². The van der Waals surface area contributed by atoms with E-state index in [1.807, 2.05) is 45.9 Å². The summed E-state index contributed by atoms with van der Waals surface area (Å²) in [5.41, 5.74) is 2.84. The third kappa shape index (κ3) is 5.26. The minimum atomic E-state index is -0.694. The van der Waals surface area contributed by atoms with Gasteiger partial charge >= 0.3 is 6.09 Å². The fourth-order valence-corrected chi connectivity index (χ4v) is 4.45. The Balaban J connectivity index is 1.52. The summed E-state index contributed by atoms with van der Waals surface area (Å²) in [6.45, 7) is 9.27. The van der Waals surface area contributed by atoms with E-state index >= 15 is 0 Å². The van der Waals surface area contributed by atoms with Crippen LogP contribution in [0.3, 0.4) is 0 Å². The minimum Gasteiger partial charge on any atom is -0.480 e. The first kappa shape index (κ1) is 24.7. The number of carbonyl (C=O) groups is 1. The standard InChI is InChI=1S/C26H32N8O3/c1-16-6-7-18(24(29-16)36-5)20-14-21(32-34(20)25(35)37-26(2,3)4)30-22-15-28-19-10-13-33(23(19)31-22)17-8-11-27-12-9-17/h6-7,10,13-15,17,27H,8-9,11-12H2,1-5H3,(H,30,31,32). The topological polar surface area (TPSA) is 121 Å². The van der Waals surface area contributed by atoms with Crippen LogP contribution in [0.15, 0.2) is 36.7 Å². The Morgan fingerprint density at radius 3 is 2.65 bits per heavy atom. The predicted molar refractivity (Wildman–Crippen MR) is 140 cm³/mol. The molecule has 0 aromatic carbocycles. The van der Waals surface area contributed by atoms with Crippen molar-refractivity contribution in [2.75, 3.05) is 25.5 Å². The lowest BCUT2D eigenvalue weighted by Crippen LogP contribution is -2.29. The molecule has 194 valence electrons. The Hall–Kier alpha value is -3.99. The van der Waals surface area contributed by atoms with Crippen LogP contribution in [-0.4, -0.2) is 61.2 Å². The summed E-state index contributed by atoms with van der Waals surface area (Å²) in [4.78, 5) is 27.0. The van der Waals surface area contributed by atoms with Crippen LogP contribution < -0.4 is 15.4 Å². The van der Waals surface area contributed by atoms with Crippen molar-refractivity contribution in [1.29, 1.82) is 0 Å². The van der Waals surface area contributed by atoms with Gasteiger partial charge in [0.05, 0.1) is 24.6 Å². The van der Waals surface area contributed by atoms with Gasteiger partial charge in [-0.05, 0) is 71.8 Å². The van der Waals surface area contributed by atoms with Gasteiger partial charge in [-0.2, -0.15) is 4.68 Å². The van der Waals surface area contributed by atoms with E-state index in [9.17, 15) is 4.79 Å². The van der Waals surface area contributed by atoms with Crippen molar-refractivity contribution < 1.29 is 14.3 Å². The van der Waals surface area contributed by atoms with E-state index in [1.165, 1.54) is 4.68 Å². The van der Waals surface area contributed by atoms with Gasteiger partial charge in [-0.3, -0.25) is 0 Å². The molecule has 0 aliphatic carbocycles. The van der Waals surface area contributed by atoms with Gasteiger partial charge in [0.1, 0.15) is 11.1 Å². The first-order valence-electron chi connectivity index (χ1n) is 12.4. The number of aromatic nitrogens is 6. The van der Waals surface area contributed by atoms with Crippen LogP contribution in [0.25, 0.3) is 22.4 Å². The van der Waals surface area contributed by atoms with Crippen molar-refractivity contribution in [3.63, 3.8) is 0 Å². The maximum Gasteiger partial charge on any atom is 0.435 e. The Morgan fingerprint density at radius 2 is 1.92 bits per heavy atom. The molecule has 4 aromatic rings. The highest BCUT2D eigenvalue weighted by Gasteiger charge is 2.25. The van der Waals surface area contributed by atoms with Crippen molar-refractivity contribution in [3.8, 4) is 17.1 Å². The molecule has 0 atom stereocenters. The van der Waals surface area contributed by atoms with Crippen molar-refractivity contribution in [2.24, 2.45) is 0 Å². The summed E-state index contributed by atoms with van der Waals surface area (Å²) < 4.78 is 14.5. The smallest absolute Gasteiger partial charge is 0.435 e. The minimum absolute atomic E-state index is 0.378. The lowest BCUT2D eigenvalue weighted by molar-refractivity contribution is 0.0518. The summed E-state index contributed by atoms with van der Waals surface area (Å²) in [7, 11) is 1.54. The molecule has 1 aliphatic rings. The Kier molecular flexibility index (Phi) is 6.55. The number of nitrogens with zero attached hydrogens (tertiary/aromatic N) is 6. The molecule has 0 bridgehead atoms. The van der Waals surface area contributed by atoms with Gasteiger partial charge in [0.25, 0.3) is 0 Å². The second kappa shape index (κ2) is 9.81. The maximum absolute atomic E-state index is 13.1. The number of methoxy groups -OCH3 is 1. The number of fused-ring (bicyclic) bond motifs is 1. The summed E-state index contributed by atoms with van der Waals surface area (Å²) in [5, 5.41) is 11.1. The molecule has 2 N–H and O–H groups in total. The first-order chi connectivity index (χ1) is 17.7. The van der Waals surface area contributed by atoms with Crippen molar-refractivity contribution in [1.82, 2.24) is 34.6 Å². The van der Waals surface area contributed by atoms with Gasteiger partial charge in [-0.25, -0.2) is 19.7 Å². The SMILES string of the molecule is COc1nc(C)ccc1-c1cc(Nc2cnc3ccn(C4CCNCC4)c3n2)nn1C(=O)OC(C)(C)C. The molecule has 0 spiro atoms. The van der Waals surface area contributed by atoms with E-state index in [2.05, 4.69) is 36.5 Å². The van der Waals surface area contributed by atoms with Gasteiger partial charge < -0.3 is 24.7 Å². The van der Waals surface area contributed by atoms with Crippen LogP contribution in [0.1, 0.15) is 45.3 Å². The summed E-state index contributed by atoms with van der Waals surface area (Å²) in [6, 6.07) is 7.81. The summed E-state index contributed by atoms with van der Waals surface area (Å²) >= 11 is 0. The molecule has 0 amide bonds. The molecule has 1 saturated heterocycles. The van der Waals surface area contributed by atoms with E-state index in [4.69, 9.17) is 14.5 Å². The molecule has 0 radical (unpaired) electrons. The lowest BCUT2D eigenvalue weighted by atomic mass is 10.1. The third-order valence-corrected chi connectivity index (χ3v) is 6.12. The van der Waals surface area contributed by atoms with E-state index in [-0.39, 0.29) is 0 Å². The van der Waals surface area contributed by atoms with Crippen LogP contribution >= 0.6 is 0 Å². The average Bonchev–Trinajstić information content (AvgIpc) is 3.48. The Morgan fingerprint density at radius 1 is 1.14 bits per heavy atom. The van der Waals surface area contributed by atoms with Crippen molar-refractivity contribution in [3.05, 3.63) is 42.4 Å². The van der Waals surface area contributed by atoms with Gasteiger partial charge in [0, 0.05) is 24.0 Å². The monoisotopic (exact) mass is 504 g/mol. The number of piperidine rings is 1. The number of hydrogen-bond acceptors (Lipinski definition) is 9.